The lowest BCUT2D eigenvalue weighted by Gasteiger charge is -2.15. The first-order valence-corrected chi connectivity index (χ1v) is 7.54. The summed E-state index contributed by atoms with van der Waals surface area (Å²) in [4.78, 5) is 37.0. The van der Waals surface area contributed by atoms with Gasteiger partial charge in [0.15, 0.2) is 0 Å². The van der Waals surface area contributed by atoms with Gasteiger partial charge in [-0.05, 0) is 36.4 Å². The molecular weight excluding hydrogens is 310 g/mol. The zero-order valence-electron chi connectivity index (χ0n) is 12.9. The van der Waals surface area contributed by atoms with Crippen molar-refractivity contribution in [2.75, 3.05) is 11.9 Å². The molecule has 1 aliphatic rings. The third-order valence-electron chi connectivity index (χ3n) is 3.95. The fourth-order valence-electron chi connectivity index (χ4n) is 2.65. The largest absolute Gasteiger partial charge is 0.467 e. The molecule has 1 aliphatic heterocycles. The van der Waals surface area contributed by atoms with Gasteiger partial charge in [0.2, 0.25) is 17.7 Å². The highest BCUT2D eigenvalue weighted by atomic mass is 16.3. The Morgan fingerprint density at radius 1 is 1.25 bits per heavy atom. The van der Waals surface area contributed by atoms with Crippen LogP contribution in [0.4, 0.5) is 5.69 Å². The van der Waals surface area contributed by atoms with Gasteiger partial charge in [-0.3, -0.25) is 14.4 Å². The van der Waals surface area contributed by atoms with E-state index in [1.165, 1.54) is 0 Å². The van der Waals surface area contributed by atoms with Crippen LogP contribution >= 0.6 is 0 Å². The van der Waals surface area contributed by atoms with E-state index < -0.39 is 11.8 Å². The molecule has 0 radical (unpaired) electrons. The number of rotatable bonds is 5. The van der Waals surface area contributed by atoms with Crippen molar-refractivity contribution in [3.8, 4) is 0 Å². The Morgan fingerprint density at radius 3 is 2.62 bits per heavy atom. The summed E-state index contributed by atoms with van der Waals surface area (Å²) in [7, 11) is 0. The number of primary amides is 1. The molecule has 124 valence electrons. The van der Waals surface area contributed by atoms with Crippen molar-refractivity contribution in [1.29, 1.82) is 0 Å². The van der Waals surface area contributed by atoms with E-state index in [1.807, 2.05) is 0 Å². The maximum atomic E-state index is 12.3. The van der Waals surface area contributed by atoms with Crippen LogP contribution < -0.4 is 11.1 Å². The Balaban J connectivity index is 1.59. The van der Waals surface area contributed by atoms with Gasteiger partial charge in [0.05, 0.1) is 18.7 Å². The van der Waals surface area contributed by atoms with E-state index in [9.17, 15) is 14.4 Å². The topological polar surface area (TPSA) is 106 Å². The van der Waals surface area contributed by atoms with Gasteiger partial charge in [-0.15, -0.1) is 0 Å². The first-order valence-electron chi connectivity index (χ1n) is 7.54. The molecule has 1 unspecified atom stereocenters. The Morgan fingerprint density at radius 2 is 2.00 bits per heavy atom. The van der Waals surface area contributed by atoms with Crippen molar-refractivity contribution >= 4 is 23.4 Å². The lowest BCUT2D eigenvalue weighted by atomic mass is 10.1. The molecule has 1 saturated heterocycles. The molecule has 1 fully saturated rings. The van der Waals surface area contributed by atoms with E-state index in [4.69, 9.17) is 10.2 Å². The minimum atomic E-state index is -0.525. The highest BCUT2D eigenvalue weighted by Crippen LogP contribution is 2.22. The van der Waals surface area contributed by atoms with Crippen LogP contribution in [0.3, 0.4) is 0 Å². The summed E-state index contributed by atoms with van der Waals surface area (Å²) in [5, 5.41) is 2.76. The molecule has 3 amide bonds. The Hall–Kier alpha value is -3.09. The van der Waals surface area contributed by atoms with E-state index >= 15 is 0 Å². The van der Waals surface area contributed by atoms with E-state index in [0.29, 0.717) is 30.1 Å². The molecule has 7 nitrogen and oxygen atoms in total. The average molecular weight is 327 g/mol. The second-order valence-corrected chi connectivity index (χ2v) is 5.69. The number of furan rings is 1. The number of nitrogens with two attached hydrogens (primary N) is 1. The maximum absolute atomic E-state index is 12.3. The number of anilines is 1. The van der Waals surface area contributed by atoms with Crippen LogP contribution in [-0.2, 0) is 16.1 Å². The van der Waals surface area contributed by atoms with Crippen molar-refractivity contribution < 1.29 is 18.8 Å². The predicted octanol–water partition coefficient (Wildman–Crippen LogP) is 1.37. The van der Waals surface area contributed by atoms with Crippen LogP contribution in [0.5, 0.6) is 0 Å². The Kier molecular flexibility index (Phi) is 4.33. The van der Waals surface area contributed by atoms with Crippen molar-refractivity contribution in [2.45, 2.75) is 13.0 Å². The summed E-state index contributed by atoms with van der Waals surface area (Å²) in [6, 6.07) is 9.85. The van der Waals surface area contributed by atoms with Crippen LogP contribution in [0.1, 0.15) is 22.5 Å². The predicted molar refractivity (Wildman–Crippen MR) is 85.8 cm³/mol. The molecule has 1 aromatic heterocycles. The van der Waals surface area contributed by atoms with E-state index in [-0.39, 0.29) is 18.2 Å². The van der Waals surface area contributed by atoms with Crippen LogP contribution in [-0.4, -0.2) is 29.2 Å². The standard InChI is InChI=1S/C17H17N3O4/c18-16(22)11-3-5-13(6-4-11)19-17(23)12-8-15(21)20(9-12)10-14-2-1-7-24-14/h1-7,12H,8-10H2,(H2,18,22)(H,19,23). The number of benzene rings is 1. The van der Waals surface area contributed by atoms with Crippen LogP contribution in [0.15, 0.2) is 47.1 Å². The molecule has 1 atom stereocenters. The van der Waals surface area contributed by atoms with Crippen LogP contribution in [0, 0.1) is 5.92 Å². The number of likely N-dealkylation sites (tertiary alicyclic amines) is 1. The zero-order chi connectivity index (χ0) is 17.1. The fourth-order valence-corrected chi connectivity index (χ4v) is 2.65. The van der Waals surface area contributed by atoms with Crippen molar-refractivity contribution in [3.63, 3.8) is 0 Å². The molecular formula is C17H17N3O4. The smallest absolute Gasteiger partial charge is 0.248 e. The average Bonchev–Trinajstić information content (AvgIpc) is 3.19. The molecule has 2 aromatic rings. The van der Waals surface area contributed by atoms with Gasteiger partial charge in [-0.1, -0.05) is 0 Å². The summed E-state index contributed by atoms with van der Waals surface area (Å²) >= 11 is 0. The summed E-state index contributed by atoms with van der Waals surface area (Å²) in [6.07, 6.45) is 1.72. The highest BCUT2D eigenvalue weighted by molar-refractivity contribution is 5.98. The Bertz CT molecular complexity index is 753. The number of hydrogen-bond acceptors (Lipinski definition) is 4. The third-order valence-corrected chi connectivity index (χ3v) is 3.95. The van der Waals surface area contributed by atoms with Crippen molar-refractivity contribution in [2.24, 2.45) is 11.7 Å². The number of carbonyl (C=O) groups is 3. The molecule has 7 heteroatoms. The second-order valence-electron chi connectivity index (χ2n) is 5.69. The molecule has 3 rings (SSSR count). The van der Waals surface area contributed by atoms with Crippen molar-refractivity contribution in [1.82, 2.24) is 4.90 Å². The zero-order valence-corrected chi connectivity index (χ0v) is 12.9. The van der Waals surface area contributed by atoms with Gasteiger partial charge in [-0.2, -0.15) is 0 Å². The van der Waals surface area contributed by atoms with Gasteiger partial charge in [-0.25, -0.2) is 0 Å². The van der Waals surface area contributed by atoms with Gasteiger partial charge >= 0.3 is 0 Å². The molecule has 1 aromatic carbocycles. The number of carbonyl (C=O) groups excluding carboxylic acids is 3. The third kappa shape index (κ3) is 3.45. The monoisotopic (exact) mass is 327 g/mol. The minimum Gasteiger partial charge on any atom is -0.467 e. The molecule has 0 spiro atoms. The molecule has 0 bridgehead atoms. The molecule has 0 saturated carbocycles. The summed E-state index contributed by atoms with van der Waals surface area (Å²) in [5.41, 5.74) is 6.10. The van der Waals surface area contributed by atoms with E-state index in [1.54, 1.807) is 47.6 Å². The lowest BCUT2D eigenvalue weighted by molar-refractivity contribution is -0.128. The summed E-state index contributed by atoms with van der Waals surface area (Å²) < 4.78 is 5.23. The van der Waals surface area contributed by atoms with Gasteiger partial charge in [0.25, 0.3) is 0 Å². The van der Waals surface area contributed by atoms with Gasteiger partial charge in [0, 0.05) is 24.2 Å². The first-order chi connectivity index (χ1) is 11.5. The normalized spacial score (nSPS) is 17.1. The highest BCUT2D eigenvalue weighted by Gasteiger charge is 2.34. The number of nitrogens with one attached hydrogen (secondary N) is 1. The quantitative estimate of drug-likeness (QED) is 0.865. The molecule has 2 heterocycles. The van der Waals surface area contributed by atoms with Crippen LogP contribution in [0.2, 0.25) is 0 Å². The van der Waals surface area contributed by atoms with Crippen LogP contribution in [0.25, 0.3) is 0 Å². The second kappa shape index (κ2) is 6.57. The molecule has 24 heavy (non-hydrogen) atoms. The summed E-state index contributed by atoms with van der Waals surface area (Å²) in [5.74, 6) is -0.551. The lowest BCUT2D eigenvalue weighted by Crippen LogP contribution is -2.27. The maximum Gasteiger partial charge on any atom is 0.248 e. The fraction of sp³-hybridized carbons (Fsp3) is 0.235. The first kappa shape index (κ1) is 15.8. The summed E-state index contributed by atoms with van der Waals surface area (Å²) in [6.45, 7) is 0.716. The van der Waals surface area contributed by atoms with E-state index in [2.05, 4.69) is 5.32 Å². The van der Waals surface area contributed by atoms with Crippen molar-refractivity contribution in [3.05, 3.63) is 54.0 Å². The number of nitrogens with zero attached hydrogens (tertiary/aromatic N) is 1. The number of amides is 3. The van der Waals surface area contributed by atoms with Gasteiger partial charge < -0.3 is 20.4 Å². The molecule has 3 N–H and O–H groups in total. The SMILES string of the molecule is NC(=O)c1ccc(NC(=O)C2CC(=O)N(Cc3ccco3)C2)cc1. The Labute approximate surface area is 138 Å². The van der Waals surface area contributed by atoms with Gasteiger partial charge in [0.1, 0.15) is 5.76 Å². The van der Waals surface area contributed by atoms with E-state index in [0.717, 1.165) is 0 Å². The number of hydrogen-bond donors (Lipinski definition) is 2. The molecule has 0 aliphatic carbocycles. The minimum absolute atomic E-state index is 0.0735.